The molecule has 0 spiro atoms. The van der Waals surface area contributed by atoms with E-state index in [4.69, 9.17) is 0 Å². The van der Waals surface area contributed by atoms with Crippen molar-refractivity contribution in [3.05, 3.63) is 321 Å². The zero-order valence-electron chi connectivity index (χ0n) is 56.5. The molecule has 2 aliphatic heterocycles. The molecule has 460 valence electrons. The van der Waals surface area contributed by atoms with E-state index in [1.165, 1.54) is 123 Å². The molecule has 17 rings (SSSR count). The number of hydrogen-bond acceptors (Lipinski definition) is 4. The first-order valence-electron chi connectivity index (χ1n) is 33.7. The topological polar surface area (TPSA) is 13.0 Å². The second-order valence-electron chi connectivity index (χ2n) is 30.1. The van der Waals surface area contributed by atoms with Gasteiger partial charge in [-0.2, -0.15) is 0 Å². The zero-order chi connectivity index (χ0) is 64.7. The summed E-state index contributed by atoms with van der Waals surface area (Å²) in [7, 11) is 0. The largest absolute Gasteiger partial charge is 0.310 e. The highest BCUT2D eigenvalue weighted by molar-refractivity contribution is 5.98. The maximum absolute atomic E-state index is 2.64. The summed E-state index contributed by atoms with van der Waals surface area (Å²) in [5, 5.41) is 0. The molecule has 5 aliphatic rings. The molecule has 0 fully saturated rings. The molecule has 12 aromatic carbocycles. The number of rotatable bonds is 9. The van der Waals surface area contributed by atoms with Crippen molar-refractivity contribution in [1.29, 1.82) is 0 Å². The van der Waals surface area contributed by atoms with E-state index in [9.17, 15) is 0 Å². The summed E-state index contributed by atoms with van der Waals surface area (Å²) in [6.45, 7) is 30.8. The molecule has 94 heavy (non-hydrogen) atoms. The SMILES string of the molecule is Cc1ccc(N(c2ccc3c(c2)C(C)(C)c2ccccc2-3)c2ccc3c(c2)C(C)(C)c2cc(N(c4ccc(C)cc4)c4ccc5c(c4)C(C)(C)c4ccccc4-5)cc4c2N3c2ccc(N(c3ccc(C)cc3)c3ccc5c(c3)C(C)(C)c3ccccc3-5)cc2C4(C)C)cc1. The second-order valence-corrected chi connectivity index (χ2v) is 30.1. The van der Waals surface area contributed by atoms with Crippen LogP contribution in [-0.2, 0) is 27.1 Å². The van der Waals surface area contributed by atoms with Gasteiger partial charge in [0.15, 0.2) is 0 Å². The van der Waals surface area contributed by atoms with Gasteiger partial charge in [0.25, 0.3) is 0 Å². The molecule has 4 nitrogen and oxygen atoms in total. The van der Waals surface area contributed by atoms with Gasteiger partial charge in [-0.1, -0.05) is 213 Å². The molecule has 0 radical (unpaired) electrons. The van der Waals surface area contributed by atoms with Gasteiger partial charge in [-0.15, -0.1) is 0 Å². The van der Waals surface area contributed by atoms with E-state index in [0.29, 0.717) is 0 Å². The van der Waals surface area contributed by atoms with E-state index < -0.39 is 10.8 Å². The Morgan fingerprint density at radius 1 is 0.213 bits per heavy atom. The first-order chi connectivity index (χ1) is 45.1. The third kappa shape index (κ3) is 8.30. The summed E-state index contributed by atoms with van der Waals surface area (Å²) in [5.74, 6) is 0. The van der Waals surface area contributed by atoms with Crippen molar-refractivity contribution in [3.63, 3.8) is 0 Å². The minimum absolute atomic E-state index is 0.164. The molecule has 0 atom stereocenters. The van der Waals surface area contributed by atoms with Gasteiger partial charge in [-0.3, -0.25) is 0 Å². The summed E-state index contributed by atoms with van der Waals surface area (Å²) >= 11 is 0. The van der Waals surface area contributed by atoms with Crippen LogP contribution in [0.5, 0.6) is 0 Å². The monoisotopic (exact) mass is 1220 g/mol. The van der Waals surface area contributed by atoms with E-state index in [1.807, 2.05) is 0 Å². The van der Waals surface area contributed by atoms with Gasteiger partial charge in [0.1, 0.15) is 0 Å². The van der Waals surface area contributed by atoms with Crippen molar-refractivity contribution in [3.8, 4) is 33.4 Å². The maximum Gasteiger partial charge on any atom is 0.0545 e. The van der Waals surface area contributed by atoms with Crippen LogP contribution in [0.15, 0.2) is 249 Å². The van der Waals surface area contributed by atoms with E-state index in [1.54, 1.807) is 0 Å². The molecule has 0 N–H and O–H groups in total. The predicted molar refractivity (Wildman–Crippen MR) is 396 cm³/mol. The van der Waals surface area contributed by atoms with Crippen LogP contribution in [-0.4, -0.2) is 0 Å². The summed E-state index contributed by atoms with van der Waals surface area (Å²) in [6.07, 6.45) is 0. The molecule has 3 aliphatic carbocycles. The van der Waals surface area contributed by atoms with Gasteiger partial charge in [0.05, 0.1) is 17.1 Å². The Balaban J connectivity index is 0.894. The van der Waals surface area contributed by atoms with Gasteiger partial charge >= 0.3 is 0 Å². The Bertz CT molecular complexity index is 4910. The summed E-state index contributed by atoms with van der Waals surface area (Å²) < 4.78 is 0. The fourth-order valence-corrected chi connectivity index (χ4v) is 17.2. The number of nitrogens with zero attached hydrogens (tertiary/aromatic N) is 4. The lowest BCUT2D eigenvalue weighted by Crippen LogP contribution is -2.38. The van der Waals surface area contributed by atoms with Crippen LogP contribution in [0.25, 0.3) is 33.4 Å². The Kier molecular flexibility index (Phi) is 12.4. The van der Waals surface area contributed by atoms with E-state index >= 15 is 0 Å². The molecule has 2 heterocycles. The van der Waals surface area contributed by atoms with Crippen molar-refractivity contribution < 1.29 is 0 Å². The molecule has 4 heteroatoms. The average molecular weight is 1220 g/mol. The first kappa shape index (κ1) is 57.7. The number of anilines is 12. The molecule has 0 unspecified atom stereocenters. The van der Waals surface area contributed by atoms with Crippen molar-refractivity contribution >= 4 is 68.2 Å². The molecule has 0 saturated carbocycles. The minimum atomic E-state index is -0.486. The third-order valence-electron chi connectivity index (χ3n) is 22.6. The number of aryl methyl sites for hydroxylation is 3. The summed E-state index contributed by atoms with van der Waals surface area (Å²) in [5.41, 5.74) is 37.3. The third-order valence-corrected chi connectivity index (χ3v) is 22.6. The first-order valence-corrected chi connectivity index (χ1v) is 33.7. The van der Waals surface area contributed by atoms with Crippen LogP contribution in [0.1, 0.15) is 142 Å². The van der Waals surface area contributed by atoms with Crippen LogP contribution in [0.3, 0.4) is 0 Å². The van der Waals surface area contributed by atoms with E-state index in [2.05, 4.69) is 358 Å². The van der Waals surface area contributed by atoms with Crippen molar-refractivity contribution in [2.45, 2.75) is 117 Å². The molecule has 12 aromatic rings. The maximum atomic E-state index is 2.64. The smallest absolute Gasteiger partial charge is 0.0545 e. The van der Waals surface area contributed by atoms with Crippen LogP contribution >= 0.6 is 0 Å². The fraction of sp³-hybridized carbons (Fsp3) is 0.200. The van der Waals surface area contributed by atoms with Crippen LogP contribution in [0.2, 0.25) is 0 Å². The molecule has 0 amide bonds. The van der Waals surface area contributed by atoms with Gasteiger partial charge in [-0.25, -0.2) is 0 Å². The minimum Gasteiger partial charge on any atom is -0.310 e. The van der Waals surface area contributed by atoms with E-state index in [0.717, 1.165) is 51.2 Å². The standard InChI is InChI=1S/C90H80N4/c1-55-26-32-58(33-27-55)91(61-38-43-70-67-20-14-17-23-73(67)86(4,5)76(70)48-61)64-41-46-83-79(51-64)89(10,11)81-53-66(93(60-36-30-57(3)31-37-60)63-40-45-72-69-22-16-19-25-75(69)88(8,9)78(72)50-63)54-82-85(81)94(83)84-47-42-65(52-80(84)90(82,12)13)92(59-34-28-56(2)29-35-59)62-39-44-71-68-21-15-18-24-74(68)87(6,7)77(71)49-62/h14-54H,1-13H3. The zero-order valence-corrected chi connectivity index (χ0v) is 56.5. The van der Waals surface area contributed by atoms with Gasteiger partial charge in [-0.05, 0) is 231 Å². The van der Waals surface area contributed by atoms with Gasteiger partial charge < -0.3 is 19.6 Å². The lowest BCUT2D eigenvalue weighted by Gasteiger charge is -2.50. The average Bonchev–Trinajstić information content (AvgIpc) is 0.942. The Labute approximate surface area is 556 Å². The molecular weight excluding hydrogens is 1140 g/mol. The lowest BCUT2D eigenvalue weighted by molar-refractivity contribution is 0.597. The van der Waals surface area contributed by atoms with Crippen molar-refractivity contribution in [2.75, 3.05) is 19.6 Å². The van der Waals surface area contributed by atoms with Crippen molar-refractivity contribution in [1.82, 2.24) is 0 Å². The summed E-state index contributed by atoms with van der Waals surface area (Å²) in [6, 6.07) is 95.7. The number of hydrogen-bond donors (Lipinski definition) is 0. The molecular formula is C90H80N4. The fourth-order valence-electron chi connectivity index (χ4n) is 17.2. The normalized spacial score (nSPS) is 15.9. The quantitative estimate of drug-likeness (QED) is 0.143. The van der Waals surface area contributed by atoms with Crippen LogP contribution < -0.4 is 19.6 Å². The highest BCUT2D eigenvalue weighted by atomic mass is 15.2. The molecule has 0 aromatic heterocycles. The van der Waals surface area contributed by atoms with Crippen LogP contribution in [0, 0.1) is 20.8 Å². The molecule has 0 bridgehead atoms. The highest BCUT2D eigenvalue weighted by Gasteiger charge is 2.48. The number of fused-ring (bicyclic) bond motifs is 13. The van der Waals surface area contributed by atoms with Gasteiger partial charge in [0, 0.05) is 78.3 Å². The summed E-state index contributed by atoms with van der Waals surface area (Å²) in [4.78, 5) is 10.2. The lowest BCUT2D eigenvalue weighted by atomic mass is 9.66. The van der Waals surface area contributed by atoms with Gasteiger partial charge in [0.2, 0.25) is 0 Å². The van der Waals surface area contributed by atoms with Crippen molar-refractivity contribution in [2.24, 2.45) is 0 Å². The Hall–Kier alpha value is -10.2. The molecule has 0 saturated heterocycles. The Morgan fingerprint density at radius 3 is 0.766 bits per heavy atom. The second kappa shape index (κ2) is 20.2. The number of benzene rings is 12. The van der Waals surface area contributed by atoms with E-state index in [-0.39, 0.29) is 16.2 Å². The Morgan fingerprint density at radius 2 is 0.447 bits per heavy atom. The van der Waals surface area contributed by atoms with Crippen LogP contribution in [0.4, 0.5) is 68.2 Å². The predicted octanol–water partition coefficient (Wildman–Crippen LogP) is 24.7. The highest BCUT2D eigenvalue weighted by Crippen LogP contribution is 2.64.